The average molecular weight is 350 g/mol. The molecule has 4 heterocycles. The molecule has 0 saturated carbocycles. The fourth-order valence-corrected chi connectivity index (χ4v) is 3.43. The summed E-state index contributed by atoms with van der Waals surface area (Å²) in [6.07, 6.45) is 6.65. The minimum absolute atomic E-state index is 0.0225. The third kappa shape index (κ3) is 3.43. The van der Waals surface area contributed by atoms with Crippen LogP contribution in [0.25, 0.3) is 16.6 Å². The van der Waals surface area contributed by atoms with Crippen LogP contribution in [-0.4, -0.2) is 56.7 Å². The molecule has 1 N–H and O–H groups in total. The van der Waals surface area contributed by atoms with Crippen molar-refractivity contribution in [1.29, 1.82) is 0 Å². The Bertz CT molecular complexity index is 950. The second-order valence-corrected chi connectivity index (χ2v) is 6.94. The lowest BCUT2D eigenvalue weighted by Gasteiger charge is -2.12. The van der Waals surface area contributed by atoms with Crippen LogP contribution in [0, 0.1) is 6.92 Å². The zero-order valence-electron chi connectivity index (χ0n) is 15.0. The highest BCUT2D eigenvalue weighted by Gasteiger charge is 2.21. The van der Waals surface area contributed by atoms with Crippen LogP contribution in [0.3, 0.4) is 0 Å². The Morgan fingerprint density at radius 2 is 2.19 bits per heavy atom. The zero-order valence-corrected chi connectivity index (χ0v) is 15.0. The van der Waals surface area contributed by atoms with Crippen LogP contribution in [0.5, 0.6) is 0 Å². The van der Waals surface area contributed by atoms with Crippen molar-refractivity contribution in [2.24, 2.45) is 0 Å². The van der Waals surface area contributed by atoms with E-state index in [0.717, 1.165) is 47.5 Å². The van der Waals surface area contributed by atoms with E-state index >= 15 is 0 Å². The molecule has 0 radical (unpaired) electrons. The number of amides is 1. The normalized spacial score (nSPS) is 17.7. The SMILES string of the molecule is Cc1cc(-n2ncc3cc(CC(=O)N[C@H]4CCN(C)C4)ncc32)ccn1. The van der Waals surface area contributed by atoms with E-state index in [0.29, 0.717) is 0 Å². The lowest BCUT2D eigenvalue weighted by molar-refractivity contribution is -0.121. The largest absolute Gasteiger partial charge is 0.352 e. The number of carbonyl (C=O) groups excluding carboxylic acids is 1. The number of nitrogens with zero attached hydrogens (tertiary/aromatic N) is 5. The number of hydrogen-bond acceptors (Lipinski definition) is 5. The quantitative estimate of drug-likeness (QED) is 0.771. The number of aryl methyl sites for hydroxylation is 1. The van der Waals surface area contributed by atoms with Crippen molar-refractivity contribution < 1.29 is 4.79 Å². The van der Waals surface area contributed by atoms with Gasteiger partial charge in [-0.2, -0.15) is 5.10 Å². The molecule has 1 fully saturated rings. The van der Waals surface area contributed by atoms with Gasteiger partial charge in [0.2, 0.25) is 5.91 Å². The van der Waals surface area contributed by atoms with Gasteiger partial charge in [0.05, 0.1) is 35.7 Å². The van der Waals surface area contributed by atoms with Crippen LogP contribution in [-0.2, 0) is 11.2 Å². The first-order valence-corrected chi connectivity index (χ1v) is 8.82. The van der Waals surface area contributed by atoms with Gasteiger partial charge in [0.15, 0.2) is 0 Å². The third-order valence-corrected chi connectivity index (χ3v) is 4.73. The molecular formula is C19H22N6O. The first-order valence-electron chi connectivity index (χ1n) is 8.82. The summed E-state index contributed by atoms with van der Waals surface area (Å²) < 4.78 is 1.84. The van der Waals surface area contributed by atoms with Gasteiger partial charge in [-0.25, -0.2) is 4.68 Å². The fraction of sp³-hybridized carbons (Fsp3) is 0.368. The minimum Gasteiger partial charge on any atom is -0.352 e. The summed E-state index contributed by atoms with van der Waals surface area (Å²) in [5.41, 5.74) is 3.55. The molecule has 7 nitrogen and oxygen atoms in total. The van der Waals surface area contributed by atoms with Gasteiger partial charge in [0, 0.05) is 29.9 Å². The van der Waals surface area contributed by atoms with Crippen molar-refractivity contribution >= 4 is 16.8 Å². The number of hydrogen-bond donors (Lipinski definition) is 1. The standard InChI is InChI=1S/C19H22N6O/c1-13-7-17(3-5-20-13)25-18-11-21-16(8-14(18)10-22-25)9-19(26)23-15-4-6-24(2)12-15/h3,5,7-8,10-11,15H,4,6,9,12H2,1-2H3,(H,23,26)/t15-/m0/s1. The number of fused-ring (bicyclic) bond motifs is 1. The van der Waals surface area contributed by atoms with Crippen LogP contribution in [0.2, 0.25) is 0 Å². The maximum atomic E-state index is 12.3. The molecule has 7 heteroatoms. The molecule has 1 amide bonds. The van der Waals surface area contributed by atoms with Crippen LogP contribution in [0.4, 0.5) is 0 Å². The summed E-state index contributed by atoms with van der Waals surface area (Å²) in [7, 11) is 2.07. The number of pyridine rings is 2. The van der Waals surface area contributed by atoms with Gasteiger partial charge >= 0.3 is 0 Å². The van der Waals surface area contributed by atoms with E-state index in [-0.39, 0.29) is 18.4 Å². The number of rotatable bonds is 4. The Hall–Kier alpha value is -2.80. The molecular weight excluding hydrogens is 328 g/mol. The monoisotopic (exact) mass is 350 g/mol. The Balaban J connectivity index is 1.51. The summed E-state index contributed by atoms with van der Waals surface area (Å²) in [6, 6.07) is 6.08. The number of likely N-dealkylation sites (N-methyl/N-ethyl adjacent to an activating group) is 1. The van der Waals surface area contributed by atoms with E-state index in [1.165, 1.54) is 0 Å². The van der Waals surface area contributed by atoms with Crippen molar-refractivity contribution in [3.63, 3.8) is 0 Å². The molecule has 3 aromatic heterocycles. The fourth-order valence-electron chi connectivity index (χ4n) is 3.43. The molecule has 0 spiro atoms. The van der Waals surface area contributed by atoms with Gasteiger partial charge in [-0.05, 0) is 45.1 Å². The smallest absolute Gasteiger partial charge is 0.226 e. The van der Waals surface area contributed by atoms with Gasteiger partial charge in [-0.15, -0.1) is 0 Å². The van der Waals surface area contributed by atoms with E-state index < -0.39 is 0 Å². The average Bonchev–Trinajstić information content (AvgIpc) is 3.20. The lowest BCUT2D eigenvalue weighted by Crippen LogP contribution is -2.37. The molecule has 1 aliphatic heterocycles. The maximum Gasteiger partial charge on any atom is 0.226 e. The van der Waals surface area contributed by atoms with Crippen molar-refractivity contribution in [2.75, 3.05) is 20.1 Å². The van der Waals surface area contributed by atoms with Gasteiger partial charge in [-0.3, -0.25) is 14.8 Å². The topological polar surface area (TPSA) is 75.9 Å². The molecule has 26 heavy (non-hydrogen) atoms. The van der Waals surface area contributed by atoms with Gasteiger partial charge in [-0.1, -0.05) is 0 Å². The van der Waals surface area contributed by atoms with Crippen LogP contribution >= 0.6 is 0 Å². The molecule has 0 aromatic carbocycles. The summed E-state index contributed by atoms with van der Waals surface area (Å²) in [4.78, 5) is 23.2. The Kier molecular flexibility index (Phi) is 4.38. The first-order chi connectivity index (χ1) is 12.6. The zero-order chi connectivity index (χ0) is 18.1. The second kappa shape index (κ2) is 6.84. The Morgan fingerprint density at radius 3 is 2.96 bits per heavy atom. The van der Waals surface area contributed by atoms with Gasteiger partial charge < -0.3 is 10.2 Å². The summed E-state index contributed by atoms with van der Waals surface area (Å²) in [6.45, 7) is 3.89. The molecule has 0 unspecified atom stereocenters. The highest BCUT2D eigenvalue weighted by atomic mass is 16.1. The van der Waals surface area contributed by atoms with Crippen LogP contribution in [0.15, 0.2) is 36.8 Å². The molecule has 1 aliphatic rings. The first kappa shape index (κ1) is 16.7. The third-order valence-electron chi connectivity index (χ3n) is 4.73. The van der Waals surface area contributed by atoms with Crippen LogP contribution in [0.1, 0.15) is 17.8 Å². The second-order valence-electron chi connectivity index (χ2n) is 6.94. The summed E-state index contributed by atoms with van der Waals surface area (Å²) in [5.74, 6) is 0.0225. The van der Waals surface area contributed by atoms with Crippen molar-refractivity contribution in [3.8, 4) is 5.69 Å². The lowest BCUT2D eigenvalue weighted by atomic mass is 10.2. The van der Waals surface area contributed by atoms with Gasteiger partial charge in [0.25, 0.3) is 0 Å². The number of aromatic nitrogens is 4. The van der Waals surface area contributed by atoms with Crippen molar-refractivity contribution in [1.82, 2.24) is 30.0 Å². The summed E-state index contributed by atoms with van der Waals surface area (Å²) in [5, 5.41) is 8.53. The van der Waals surface area contributed by atoms with Gasteiger partial charge in [0.1, 0.15) is 0 Å². The Morgan fingerprint density at radius 1 is 1.31 bits per heavy atom. The highest BCUT2D eigenvalue weighted by Crippen LogP contribution is 2.18. The minimum atomic E-state index is 0.0225. The van der Waals surface area contributed by atoms with E-state index in [1.807, 2.05) is 29.8 Å². The highest BCUT2D eigenvalue weighted by molar-refractivity contribution is 5.83. The number of likely N-dealkylation sites (tertiary alicyclic amines) is 1. The Labute approximate surface area is 152 Å². The molecule has 0 aliphatic carbocycles. The molecule has 134 valence electrons. The molecule has 4 rings (SSSR count). The maximum absolute atomic E-state index is 12.3. The predicted octanol–water partition coefficient (Wildman–Crippen LogP) is 1.49. The molecule has 3 aromatic rings. The number of carbonyl (C=O) groups is 1. The van der Waals surface area contributed by atoms with Crippen molar-refractivity contribution in [2.45, 2.75) is 25.8 Å². The van der Waals surface area contributed by atoms with Crippen LogP contribution < -0.4 is 5.32 Å². The van der Waals surface area contributed by atoms with Crippen molar-refractivity contribution in [3.05, 3.63) is 48.2 Å². The van der Waals surface area contributed by atoms with E-state index in [4.69, 9.17) is 0 Å². The molecule has 1 saturated heterocycles. The molecule has 0 bridgehead atoms. The van der Waals surface area contributed by atoms with E-state index in [9.17, 15) is 4.79 Å². The van der Waals surface area contributed by atoms with E-state index in [2.05, 4.69) is 32.3 Å². The molecule has 1 atom stereocenters. The van der Waals surface area contributed by atoms with E-state index in [1.54, 1.807) is 18.6 Å². The number of nitrogens with one attached hydrogen (secondary N) is 1. The summed E-state index contributed by atoms with van der Waals surface area (Å²) >= 11 is 0. The predicted molar refractivity (Wildman–Crippen MR) is 99.1 cm³/mol.